The SMILES string of the molecule is N#Cc1cc2c(cc1C#N)C(c1ccc(N(c3ccccc3)c3ccc(-c4ccccc4)cc3)cc1)N=C(c1ccccc1)N2. The number of nitriles is 2. The maximum absolute atomic E-state index is 9.77. The average Bonchev–Trinajstić information content (AvgIpc) is 3.12. The zero-order chi connectivity index (χ0) is 30.6. The molecule has 0 bridgehead atoms. The molecule has 7 rings (SSSR count). The fraction of sp³-hybridized carbons (Fsp3) is 0.0250. The predicted molar refractivity (Wildman–Crippen MR) is 181 cm³/mol. The summed E-state index contributed by atoms with van der Waals surface area (Å²) in [5.74, 6) is 0.718. The molecule has 1 atom stereocenters. The third-order valence-electron chi connectivity index (χ3n) is 8.00. The van der Waals surface area contributed by atoms with Gasteiger partial charge in [0, 0.05) is 33.9 Å². The minimum Gasteiger partial charge on any atom is -0.340 e. The van der Waals surface area contributed by atoms with Crippen molar-refractivity contribution in [3.05, 3.63) is 179 Å². The number of nitrogens with one attached hydrogen (secondary N) is 1. The van der Waals surface area contributed by atoms with E-state index in [0.717, 1.165) is 50.8 Å². The van der Waals surface area contributed by atoms with Crippen LogP contribution in [0.25, 0.3) is 11.1 Å². The van der Waals surface area contributed by atoms with Crippen LogP contribution in [0.2, 0.25) is 0 Å². The Hall–Kier alpha value is -6.43. The van der Waals surface area contributed by atoms with Crippen LogP contribution in [0.5, 0.6) is 0 Å². The van der Waals surface area contributed by atoms with Crippen molar-refractivity contribution in [1.29, 1.82) is 10.5 Å². The lowest BCUT2D eigenvalue weighted by molar-refractivity contribution is 0.862. The first-order valence-electron chi connectivity index (χ1n) is 14.7. The first-order valence-corrected chi connectivity index (χ1v) is 14.7. The molecule has 0 aromatic heterocycles. The molecule has 1 unspecified atom stereocenters. The van der Waals surface area contributed by atoms with E-state index in [1.807, 2.05) is 54.6 Å². The molecule has 0 spiro atoms. The van der Waals surface area contributed by atoms with Gasteiger partial charge in [0.05, 0.1) is 11.1 Å². The Labute approximate surface area is 262 Å². The fourth-order valence-electron chi connectivity index (χ4n) is 5.75. The standard InChI is InChI=1S/C40H27N5/c41-26-32-24-37-38(25-33(32)27-42)43-40(31-12-6-2-7-13-31)44-39(37)30-18-22-36(23-19-30)45(34-14-8-3-9-15-34)35-20-16-29(17-21-35)28-10-4-1-5-11-28/h1-25,39H,(H,43,44). The number of anilines is 4. The van der Waals surface area contributed by atoms with Crippen molar-refractivity contribution in [3.8, 4) is 23.3 Å². The number of rotatable bonds is 6. The number of hydrogen-bond donors (Lipinski definition) is 1. The highest BCUT2D eigenvalue weighted by atomic mass is 15.1. The van der Waals surface area contributed by atoms with Crippen molar-refractivity contribution in [2.75, 3.05) is 10.2 Å². The highest BCUT2D eigenvalue weighted by molar-refractivity contribution is 6.10. The maximum Gasteiger partial charge on any atom is 0.133 e. The van der Waals surface area contributed by atoms with Crippen LogP contribution in [0.15, 0.2) is 157 Å². The zero-order valence-corrected chi connectivity index (χ0v) is 24.3. The number of nitrogens with zero attached hydrogens (tertiary/aromatic N) is 4. The molecule has 0 aliphatic carbocycles. The molecule has 0 fully saturated rings. The van der Waals surface area contributed by atoms with Crippen LogP contribution in [0.4, 0.5) is 22.7 Å². The molecule has 0 radical (unpaired) electrons. The molecule has 0 saturated carbocycles. The molecule has 1 aliphatic rings. The molecule has 45 heavy (non-hydrogen) atoms. The van der Waals surface area contributed by atoms with Crippen molar-refractivity contribution in [2.24, 2.45) is 4.99 Å². The molecule has 5 heteroatoms. The van der Waals surface area contributed by atoms with E-state index in [1.54, 1.807) is 12.1 Å². The van der Waals surface area contributed by atoms with Gasteiger partial charge >= 0.3 is 0 Å². The van der Waals surface area contributed by atoms with E-state index in [1.165, 1.54) is 5.56 Å². The summed E-state index contributed by atoms with van der Waals surface area (Å²) in [7, 11) is 0. The van der Waals surface area contributed by atoms with Gasteiger partial charge in [0.2, 0.25) is 0 Å². The lowest BCUT2D eigenvalue weighted by Gasteiger charge is -2.28. The van der Waals surface area contributed by atoms with Crippen LogP contribution in [0.3, 0.4) is 0 Å². The summed E-state index contributed by atoms with van der Waals surface area (Å²) in [5.41, 5.74) is 9.69. The first kappa shape index (κ1) is 27.4. The third-order valence-corrected chi connectivity index (χ3v) is 8.00. The molecule has 1 aliphatic heterocycles. The third kappa shape index (κ3) is 5.43. The van der Waals surface area contributed by atoms with Crippen LogP contribution in [0.1, 0.15) is 33.9 Å². The highest BCUT2D eigenvalue weighted by Crippen LogP contribution is 2.40. The van der Waals surface area contributed by atoms with Crippen LogP contribution in [-0.2, 0) is 0 Å². The molecule has 0 saturated heterocycles. The van der Waals surface area contributed by atoms with E-state index < -0.39 is 0 Å². The summed E-state index contributed by atoms with van der Waals surface area (Å²) in [6, 6.07) is 55.2. The Morgan fingerprint density at radius 3 is 1.62 bits per heavy atom. The summed E-state index contributed by atoms with van der Waals surface area (Å²) >= 11 is 0. The lowest BCUT2D eigenvalue weighted by atomic mass is 9.92. The molecule has 6 aromatic carbocycles. The van der Waals surface area contributed by atoms with Gasteiger partial charge in [0.15, 0.2) is 0 Å². The second-order valence-electron chi connectivity index (χ2n) is 10.8. The number of benzene rings is 6. The minimum atomic E-state index is -0.360. The van der Waals surface area contributed by atoms with Crippen molar-refractivity contribution in [1.82, 2.24) is 0 Å². The normalized spacial score (nSPS) is 13.4. The molecule has 1 N–H and O–H groups in total. The second-order valence-corrected chi connectivity index (χ2v) is 10.8. The van der Waals surface area contributed by atoms with Crippen molar-refractivity contribution in [2.45, 2.75) is 6.04 Å². The van der Waals surface area contributed by atoms with Gasteiger partial charge in [0.1, 0.15) is 24.0 Å². The van der Waals surface area contributed by atoms with Gasteiger partial charge in [-0.25, -0.2) is 0 Å². The summed E-state index contributed by atoms with van der Waals surface area (Å²) in [4.78, 5) is 7.36. The summed E-state index contributed by atoms with van der Waals surface area (Å²) in [5, 5.41) is 22.9. The molecular formula is C40H27N5. The van der Waals surface area contributed by atoms with Crippen LogP contribution in [0, 0.1) is 22.7 Å². The number of hydrogen-bond acceptors (Lipinski definition) is 5. The topological polar surface area (TPSA) is 75.2 Å². The number of fused-ring (bicyclic) bond motifs is 1. The molecule has 212 valence electrons. The van der Waals surface area contributed by atoms with E-state index in [-0.39, 0.29) is 6.04 Å². The second kappa shape index (κ2) is 12.1. The predicted octanol–water partition coefficient (Wildman–Crippen LogP) is 9.53. The van der Waals surface area contributed by atoms with E-state index in [2.05, 4.69) is 107 Å². The highest BCUT2D eigenvalue weighted by Gasteiger charge is 2.26. The van der Waals surface area contributed by atoms with Gasteiger partial charge in [-0.2, -0.15) is 10.5 Å². The Morgan fingerprint density at radius 1 is 0.533 bits per heavy atom. The summed E-state index contributed by atoms with van der Waals surface area (Å²) in [6.45, 7) is 0. The van der Waals surface area contributed by atoms with Crippen LogP contribution in [-0.4, -0.2) is 5.84 Å². The van der Waals surface area contributed by atoms with Crippen molar-refractivity contribution >= 4 is 28.6 Å². The van der Waals surface area contributed by atoms with Gasteiger partial charge in [-0.3, -0.25) is 4.99 Å². The van der Waals surface area contributed by atoms with Crippen LogP contribution >= 0.6 is 0 Å². The number of aliphatic imine (C=N–C) groups is 1. The zero-order valence-electron chi connectivity index (χ0n) is 24.3. The number of amidine groups is 1. The first-order chi connectivity index (χ1) is 22.2. The van der Waals surface area contributed by atoms with Crippen LogP contribution < -0.4 is 10.2 Å². The molecular weight excluding hydrogens is 550 g/mol. The lowest BCUT2D eigenvalue weighted by Crippen LogP contribution is -2.22. The Bertz CT molecular complexity index is 2070. The van der Waals surface area contributed by atoms with E-state index in [9.17, 15) is 10.5 Å². The largest absolute Gasteiger partial charge is 0.340 e. The smallest absolute Gasteiger partial charge is 0.133 e. The number of para-hydroxylation sites is 1. The van der Waals surface area contributed by atoms with E-state index in [4.69, 9.17) is 4.99 Å². The van der Waals surface area contributed by atoms with E-state index in [0.29, 0.717) is 11.1 Å². The van der Waals surface area contributed by atoms with Crippen molar-refractivity contribution in [3.63, 3.8) is 0 Å². The Balaban J connectivity index is 1.29. The van der Waals surface area contributed by atoms with Crippen molar-refractivity contribution < 1.29 is 0 Å². The fourth-order valence-corrected chi connectivity index (χ4v) is 5.75. The minimum absolute atomic E-state index is 0.337. The average molecular weight is 578 g/mol. The molecule has 1 heterocycles. The quantitative estimate of drug-likeness (QED) is 0.214. The van der Waals surface area contributed by atoms with E-state index >= 15 is 0 Å². The van der Waals surface area contributed by atoms with Gasteiger partial charge in [-0.05, 0) is 65.2 Å². The van der Waals surface area contributed by atoms with Gasteiger partial charge in [-0.1, -0.05) is 103 Å². The van der Waals surface area contributed by atoms with Gasteiger partial charge < -0.3 is 10.2 Å². The Kier molecular flexibility index (Phi) is 7.34. The molecule has 6 aromatic rings. The van der Waals surface area contributed by atoms with Gasteiger partial charge in [0.25, 0.3) is 0 Å². The molecule has 5 nitrogen and oxygen atoms in total. The molecule has 0 amide bonds. The monoisotopic (exact) mass is 577 g/mol. The summed E-state index contributed by atoms with van der Waals surface area (Å²) in [6.07, 6.45) is 0. The Morgan fingerprint density at radius 2 is 1.02 bits per heavy atom. The van der Waals surface area contributed by atoms with Gasteiger partial charge in [-0.15, -0.1) is 0 Å². The summed E-state index contributed by atoms with van der Waals surface area (Å²) < 4.78 is 0. The maximum atomic E-state index is 9.77.